The van der Waals surface area contributed by atoms with Crippen molar-refractivity contribution in [3.05, 3.63) is 64.9 Å². The summed E-state index contributed by atoms with van der Waals surface area (Å²) in [5.74, 6) is -1.91. The highest BCUT2D eigenvalue weighted by Crippen LogP contribution is 2.73. The molecule has 203 valence electrons. The molecular weight excluding hydrogens is 532 g/mol. The lowest BCUT2D eigenvalue weighted by Crippen LogP contribution is -2.70. The maximum absolute atomic E-state index is 17.4. The first-order valence-electron chi connectivity index (χ1n) is 13.0. The average Bonchev–Trinajstić information content (AvgIpc) is 3.35. The molecule has 0 amide bonds. The molecule has 1 N–H and O–H groups in total. The van der Waals surface area contributed by atoms with Gasteiger partial charge in [-0.1, -0.05) is 48.5 Å². The largest absolute Gasteiger partial charge is 0.390 e. The third-order valence-electron chi connectivity index (χ3n) is 10.4. The summed E-state index contributed by atoms with van der Waals surface area (Å²) < 4.78 is 33.1. The van der Waals surface area contributed by atoms with Crippen LogP contribution in [0.2, 0.25) is 5.02 Å². The minimum absolute atomic E-state index is 0.0239. The fourth-order valence-electron chi connectivity index (χ4n) is 8.66. The topological polar surface area (TPSA) is 66.8 Å². The second-order valence-electron chi connectivity index (χ2n) is 12.0. The van der Waals surface area contributed by atoms with Crippen molar-refractivity contribution in [2.75, 3.05) is 6.54 Å². The van der Waals surface area contributed by atoms with Crippen molar-refractivity contribution in [3.63, 3.8) is 0 Å². The van der Waals surface area contributed by atoms with Gasteiger partial charge in [-0.15, -0.1) is 0 Å². The molecule has 4 aliphatic carbocycles. The summed E-state index contributed by atoms with van der Waals surface area (Å²) in [6, 6.07) is 7.38. The molecule has 3 saturated carbocycles. The standard InChI is InChI=1S/C29H31ClF2NO4S/c1-26-9-8-19(34)11-22(26)23(31)12-21-20-10-17-15-33(14-16-4-6-18(30)7-5-16)37-29(17,25(36)38-3)27(20,2)13-24(35)28(21,26)32/h4-9,11,17,20-21,23-24,35H,3,10,12-15H2,1-2H3/t17-,20-,21-,23-,24-,26-,27-,28-,29-/m0/s1. The predicted octanol–water partition coefficient (Wildman–Crippen LogP) is 5.42. The highest BCUT2D eigenvalue weighted by atomic mass is 35.5. The second-order valence-corrected chi connectivity index (χ2v) is 13.1. The number of hydroxylamine groups is 2. The summed E-state index contributed by atoms with van der Waals surface area (Å²) in [7, 11) is 0. The van der Waals surface area contributed by atoms with Crippen LogP contribution in [-0.2, 0) is 21.0 Å². The van der Waals surface area contributed by atoms with Gasteiger partial charge < -0.3 is 5.11 Å². The number of aliphatic hydroxyl groups excluding tert-OH is 1. The number of allylic oxidation sites excluding steroid dienone is 4. The molecule has 5 nitrogen and oxygen atoms in total. The maximum Gasteiger partial charge on any atom is 0.223 e. The summed E-state index contributed by atoms with van der Waals surface area (Å²) >= 11 is 6.87. The van der Waals surface area contributed by atoms with Crippen LogP contribution in [0.3, 0.4) is 0 Å². The van der Waals surface area contributed by atoms with Gasteiger partial charge in [0.05, 0.1) is 6.10 Å². The van der Waals surface area contributed by atoms with Crippen molar-refractivity contribution in [1.29, 1.82) is 0 Å². The van der Waals surface area contributed by atoms with Crippen molar-refractivity contribution in [3.8, 4) is 0 Å². The zero-order valence-electron chi connectivity index (χ0n) is 21.3. The van der Waals surface area contributed by atoms with E-state index in [4.69, 9.17) is 16.4 Å². The van der Waals surface area contributed by atoms with Gasteiger partial charge in [0.25, 0.3) is 0 Å². The van der Waals surface area contributed by atoms with Crippen LogP contribution in [0.4, 0.5) is 8.78 Å². The molecule has 0 aromatic heterocycles. The van der Waals surface area contributed by atoms with Crippen molar-refractivity contribution in [2.45, 2.75) is 63.2 Å². The zero-order valence-corrected chi connectivity index (χ0v) is 22.9. The number of benzene rings is 1. The monoisotopic (exact) mass is 562 g/mol. The van der Waals surface area contributed by atoms with Crippen LogP contribution in [0.15, 0.2) is 48.1 Å². The van der Waals surface area contributed by atoms with Gasteiger partial charge in [-0.2, -0.15) is 5.06 Å². The Labute approximate surface area is 230 Å². The smallest absolute Gasteiger partial charge is 0.223 e. The Morgan fingerprint density at radius 1 is 1.26 bits per heavy atom. The number of halogens is 3. The normalized spacial score (nSPS) is 45.7. The number of alkyl halides is 2. The van der Waals surface area contributed by atoms with Crippen LogP contribution in [0.1, 0.15) is 38.7 Å². The minimum Gasteiger partial charge on any atom is -0.390 e. The SMILES string of the molecule is [CH2]SC(=O)[C@@]12ON(Cc3ccc(Cl)cc3)C[C@@H]1C[C@H]1[C@@H]3C[C@H](F)C4=CC(=O)C=C[C@]4(C)[C@@]3(F)[C@@H](O)C[C@@]12C. The summed E-state index contributed by atoms with van der Waals surface area (Å²) in [6.45, 7) is 4.35. The molecule has 6 rings (SSSR count). The molecule has 0 bridgehead atoms. The molecular formula is C29H31ClF2NO4S. The van der Waals surface area contributed by atoms with Crippen molar-refractivity contribution >= 4 is 34.3 Å². The molecule has 9 heteroatoms. The van der Waals surface area contributed by atoms with E-state index in [9.17, 15) is 14.7 Å². The van der Waals surface area contributed by atoms with Crippen LogP contribution in [0.25, 0.3) is 0 Å². The molecule has 9 atom stereocenters. The Morgan fingerprint density at radius 2 is 1.97 bits per heavy atom. The Hall–Kier alpha value is -1.58. The number of carbonyl (C=O) groups excluding carboxylic acids is 2. The van der Waals surface area contributed by atoms with Gasteiger partial charge in [0, 0.05) is 47.0 Å². The number of hydrogen-bond acceptors (Lipinski definition) is 6. The van der Waals surface area contributed by atoms with Gasteiger partial charge in [-0.3, -0.25) is 14.4 Å². The summed E-state index contributed by atoms with van der Waals surface area (Å²) in [4.78, 5) is 32.3. The molecule has 1 heterocycles. The third kappa shape index (κ3) is 3.27. The lowest BCUT2D eigenvalue weighted by Gasteiger charge is -2.63. The fourth-order valence-corrected chi connectivity index (χ4v) is 9.43. The van der Waals surface area contributed by atoms with E-state index in [1.54, 1.807) is 24.1 Å². The van der Waals surface area contributed by atoms with E-state index in [1.165, 1.54) is 18.2 Å². The molecule has 1 aliphatic heterocycles. The lowest BCUT2D eigenvalue weighted by atomic mass is 9.44. The van der Waals surface area contributed by atoms with Gasteiger partial charge in [-0.25, -0.2) is 8.78 Å². The number of carbonyl (C=O) groups is 2. The zero-order chi connectivity index (χ0) is 27.3. The highest BCUT2D eigenvalue weighted by molar-refractivity contribution is 8.14. The number of nitrogens with zero attached hydrogens (tertiary/aromatic N) is 1. The summed E-state index contributed by atoms with van der Waals surface area (Å²) in [6.07, 6.45) is 4.95. The van der Waals surface area contributed by atoms with E-state index in [1.807, 2.05) is 19.1 Å². The third-order valence-corrected chi connectivity index (χ3v) is 11.2. The second kappa shape index (κ2) is 8.71. The van der Waals surface area contributed by atoms with Crippen molar-refractivity contribution < 1.29 is 28.3 Å². The van der Waals surface area contributed by atoms with Gasteiger partial charge in [0.2, 0.25) is 5.12 Å². The van der Waals surface area contributed by atoms with E-state index >= 15 is 8.78 Å². The molecule has 4 fully saturated rings. The van der Waals surface area contributed by atoms with E-state index < -0.39 is 46.2 Å². The highest BCUT2D eigenvalue weighted by Gasteiger charge is 2.79. The van der Waals surface area contributed by atoms with Crippen LogP contribution in [0.5, 0.6) is 0 Å². The number of aliphatic hydroxyl groups is 1. The number of fused-ring (bicyclic) bond motifs is 7. The molecule has 5 aliphatic rings. The first-order chi connectivity index (χ1) is 17.9. The van der Waals surface area contributed by atoms with E-state index in [2.05, 4.69) is 6.26 Å². The molecule has 0 spiro atoms. The first kappa shape index (κ1) is 26.6. The quantitative estimate of drug-likeness (QED) is 0.530. The predicted molar refractivity (Wildman–Crippen MR) is 141 cm³/mol. The molecule has 0 unspecified atom stereocenters. The van der Waals surface area contributed by atoms with Gasteiger partial charge in [-0.05, 0) is 67.5 Å². The van der Waals surface area contributed by atoms with Gasteiger partial charge in [0.1, 0.15) is 6.17 Å². The van der Waals surface area contributed by atoms with Crippen LogP contribution >= 0.6 is 23.4 Å². The van der Waals surface area contributed by atoms with Gasteiger partial charge in [0.15, 0.2) is 17.1 Å². The van der Waals surface area contributed by atoms with E-state index in [0.717, 1.165) is 17.3 Å². The molecule has 1 radical (unpaired) electrons. The lowest BCUT2D eigenvalue weighted by molar-refractivity contribution is -0.266. The Balaban J connectivity index is 1.39. The van der Waals surface area contributed by atoms with Crippen molar-refractivity contribution in [1.82, 2.24) is 5.06 Å². The molecule has 1 saturated heterocycles. The van der Waals surface area contributed by atoms with E-state index in [-0.39, 0.29) is 35.2 Å². The fraction of sp³-hybridized carbons (Fsp3) is 0.552. The summed E-state index contributed by atoms with van der Waals surface area (Å²) in [5.41, 5.74) is -4.85. The van der Waals surface area contributed by atoms with Crippen molar-refractivity contribution in [2.24, 2.45) is 28.6 Å². The molecule has 1 aromatic carbocycles. The Bertz CT molecular complexity index is 1260. The number of thioether (sulfide) groups is 1. The molecule has 38 heavy (non-hydrogen) atoms. The summed E-state index contributed by atoms with van der Waals surface area (Å²) in [5, 5.41) is 13.7. The molecule has 1 aromatic rings. The number of ketones is 1. The van der Waals surface area contributed by atoms with Crippen LogP contribution in [-0.4, -0.2) is 51.2 Å². The maximum atomic E-state index is 17.4. The van der Waals surface area contributed by atoms with Crippen LogP contribution in [0, 0.1) is 34.8 Å². The van der Waals surface area contributed by atoms with Crippen LogP contribution < -0.4 is 0 Å². The van der Waals surface area contributed by atoms with Gasteiger partial charge >= 0.3 is 0 Å². The average molecular weight is 563 g/mol. The Morgan fingerprint density at radius 3 is 2.66 bits per heavy atom. The Kier molecular flexibility index (Phi) is 6.10. The first-order valence-corrected chi connectivity index (χ1v) is 14.4. The minimum atomic E-state index is -2.19. The number of hydrogen-bond donors (Lipinski definition) is 1. The number of rotatable bonds is 3. The van der Waals surface area contributed by atoms with E-state index in [0.29, 0.717) is 24.5 Å².